The highest BCUT2D eigenvalue weighted by atomic mass is 32.1. The second-order valence-electron chi connectivity index (χ2n) is 4.83. The van der Waals surface area contributed by atoms with E-state index in [2.05, 4.69) is 12.6 Å². The molecule has 0 rings (SSSR count). The van der Waals surface area contributed by atoms with E-state index < -0.39 is 47.8 Å². The van der Waals surface area contributed by atoms with Crippen LogP contribution in [0.3, 0.4) is 0 Å². The molecule has 0 radical (unpaired) electrons. The van der Waals surface area contributed by atoms with Crippen molar-refractivity contribution in [3.8, 4) is 0 Å². The number of carboxylic acid groups (broad SMARTS) is 1. The van der Waals surface area contributed by atoms with Crippen LogP contribution in [-0.4, -0.2) is 84.7 Å². The van der Waals surface area contributed by atoms with Gasteiger partial charge in [0.1, 0.15) is 30.5 Å². The number of aliphatic hydroxyl groups is 5. The van der Waals surface area contributed by atoms with Gasteiger partial charge in [-0.1, -0.05) is 0 Å². The van der Waals surface area contributed by atoms with Gasteiger partial charge in [0.2, 0.25) is 0 Å². The Morgan fingerprint density at radius 3 is 1.86 bits per heavy atom. The highest BCUT2D eigenvalue weighted by Crippen LogP contribution is 2.15. The van der Waals surface area contributed by atoms with E-state index in [0.29, 0.717) is 0 Å². The van der Waals surface area contributed by atoms with Crippen LogP contribution in [0.25, 0.3) is 0 Å². The standard InChI is InChI=1S/C6H12O6.C5H11NO2S/c7-1-3(9)5(11)6(12)4(10)2-8;1-5(2,9)3(6)4(7)8/h1,3-6,8-12H,2H2;3,9H,6H2,1-2H3,(H,7,8). The Hall–Kier alpha value is -0.750. The Morgan fingerprint density at radius 2 is 1.67 bits per heavy atom. The fourth-order valence-corrected chi connectivity index (χ4v) is 1.03. The van der Waals surface area contributed by atoms with E-state index in [4.69, 9.17) is 36.4 Å². The van der Waals surface area contributed by atoms with E-state index in [0.717, 1.165) is 0 Å². The van der Waals surface area contributed by atoms with Crippen molar-refractivity contribution in [2.75, 3.05) is 6.61 Å². The first-order valence-corrected chi connectivity index (χ1v) is 6.34. The lowest BCUT2D eigenvalue weighted by atomic mass is 10.0. The molecule has 0 aromatic rings. The number of hydrogen-bond acceptors (Lipinski definition) is 9. The number of hydrogen-bond donors (Lipinski definition) is 8. The van der Waals surface area contributed by atoms with Crippen molar-refractivity contribution in [1.29, 1.82) is 0 Å². The molecule has 21 heavy (non-hydrogen) atoms. The van der Waals surface area contributed by atoms with Gasteiger partial charge in [-0.25, -0.2) is 0 Å². The number of thiol groups is 1. The SMILES string of the molecule is CC(C)(S)C(N)C(=O)O.O=CC(O)C(O)C(O)C(O)CO. The third kappa shape index (κ3) is 8.98. The lowest BCUT2D eigenvalue weighted by molar-refractivity contribution is -0.139. The molecule has 126 valence electrons. The minimum atomic E-state index is -1.79. The fourth-order valence-electron chi connectivity index (χ4n) is 0.920. The van der Waals surface area contributed by atoms with Crippen molar-refractivity contribution in [3.63, 3.8) is 0 Å². The predicted octanol–water partition coefficient (Wildman–Crippen LogP) is -3.27. The molecule has 0 heterocycles. The van der Waals surface area contributed by atoms with Crippen molar-refractivity contribution < 1.29 is 40.2 Å². The molecule has 0 bridgehead atoms. The molecule has 0 fully saturated rings. The molecule has 5 unspecified atom stereocenters. The smallest absolute Gasteiger partial charge is 0.321 e. The van der Waals surface area contributed by atoms with Crippen molar-refractivity contribution in [3.05, 3.63) is 0 Å². The Labute approximate surface area is 127 Å². The van der Waals surface area contributed by atoms with Gasteiger partial charge in [-0.2, -0.15) is 12.6 Å². The van der Waals surface area contributed by atoms with E-state index in [9.17, 15) is 9.59 Å². The van der Waals surface area contributed by atoms with Gasteiger partial charge >= 0.3 is 5.97 Å². The number of carbonyl (C=O) groups excluding carboxylic acids is 1. The zero-order valence-corrected chi connectivity index (χ0v) is 12.6. The molecule has 0 aliphatic carbocycles. The zero-order chi connectivity index (χ0) is 17.4. The van der Waals surface area contributed by atoms with Crippen LogP contribution in [0.4, 0.5) is 0 Å². The van der Waals surface area contributed by atoms with E-state index in [1.54, 1.807) is 13.8 Å². The molecule has 0 aliphatic rings. The molecule has 0 saturated heterocycles. The molecule has 0 spiro atoms. The van der Waals surface area contributed by atoms with Crippen molar-refractivity contribution in [1.82, 2.24) is 0 Å². The number of aliphatic carboxylic acids is 1. The van der Waals surface area contributed by atoms with Gasteiger partial charge in [-0.3, -0.25) is 4.79 Å². The van der Waals surface area contributed by atoms with Crippen LogP contribution in [0.1, 0.15) is 13.8 Å². The van der Waals surface area contributed by atoms with E-state index in [1.807, 2.05) is 0 Å². The monoisotopic (exact) mass is 329 g/mol. The first-order chi connectivity index (χ1) is 9.39. The average molecular weight is 329 g/mol. The number of aliphatic hydroxyl groups excluding tert-OH is 5. The number of carbonyl (C=O) groups is 2. The summed E-state index contributed by atoms with van der Waals surface area (Å²) in [6, 6.07) is -0.902. The Bertz CT molecular complexity index is 322. The van der Waals surface area contributed by atoms with Gasteiger partial charge in [-0.05, 0) is 13.8 Å². The molecule has 9 nitrogen and oxygen atoms in total. The third-order valence-electron chi connectivity index (χ3n) is 2.45. The van der Waals surface area contributed by atoms with E-state index >= 15 is 0 Å². The summed E-state index contributed by atoms with van der Waals surface area (Å²) >= 11 is 3.98. The summed E-state index contributed by atoms with van der Waals surface area (Å²) in [6.07, 6.45) is -6.84. The van der Waals surface area contributed by atoms with Gasteiger partial charge in [-0.15, -0.1) is 0 Å². The number of nitrogens with two attached hydrogens (primary N) is 1. The Kier molecular flexibility index (Phi) is 10.8. The topological polar surface area (TPSA) is 182 Å². The summed E-state index contributed by atoms with van der Waals surface area (Å²) in [4.78, 5) is 20.1. The van der Waals surface area contributed by atoms with Crippen LogP contribution in [0.2, 0.25) is 0 Å². The van der Waals surface area contributed by atoms with Crippen molar-refractivity contribution in [2.45, 2.75) is 49.1 Å². The summed E-state index contributed by atoms with van der Waals surface area (Å²) < 4.78 is -0.647. The van der Waals surface area contributed by atoms with Gasteiger partial charge in [0.05, 0.1) is 6.61 Å². The first kappa shape index (κ1) is 22.5. The maximum absolute atomic E-state index is 10.2. The summed E-state index contributed by atoms with van der Waals surface area (Å²) in [5, 5.41) is 51.9. The minimum Gasteiger partial charge on any atom is -0.480 e. The van der Waals surface area contributed by atoms with Gasteiger partial charge in [0.25, 0.3) is 0 Å². The van der Waals surface area contributed by atoms with Crippen LogP contribution < -0.4 is 5.73 Å². The molecule has 5 atom stereocenters. The molecule has 0 amide bonds. The molecular formula is C11H23NO8S. The number of carboxylic acids is 1. The molecule has 0 saturated carbocycles. The highest BCUT2D eigenvalue weighted by Gasteiger charge is 2.29. The van der Waals surface area contributed by atoms with Crippen LogP contribution in [0.15, 0.2) is 0 Å². The number of rotatable bonds is 7. The van der Waals surface area contributed by atoms with Gasteiger partial charge in [0, 0.05) is 4.75 Å². The largest absolute Gasteiger partial charge is 0.480 e. The molecule has 0 aliphatic heterocycles. The molecule has 8 N–H and O–H groups in total. The normalized spacial score (nSPS) is 18.5. The first-order valence-electron chi connectivity index (χ1n) is 5.89. The quantitative estimate of drug-likeness (QED) is 0.175. The molecule has 0 aromatic heterocycles. The second kappa shape index (κ2) is 10.1. The predicted molar refractivity (Wildman–Crippen MR) is 75.9 cm³/mol. The Balaban J connectivity index is 0. The van der Waals surface area contributed by atoms with Crippen LogP contribution in [0.5, 0.6) is 0 Å². The number of aldehydes is 1. The molecule has 10 heteroatoms. The zero-order valence-electron chi connectivity index (χ0n) is 11.7. The summed E-state index contributed by atoms with van der Waals surface area (Å²) in [7, 11) is 0. The average Bonchev–Trinajstić information content (AvgIpc) is 2.42. The van der Waals surface area contributed by atoms with Crippen molar-refractivity contribution >= 4 is 24.9 Å². The maximum atomic E-state index is 10.2. The fraction of sp³-hybridized carbons (Fsp3) is 0.818. The minimum absolute atomic E-state index is 0.0258. The third-order valence-corrected chi connectivity index (χ3v) is 2.73. The summed E-state index contributed by atoms with van der Waals surface area (Å²) in [5.41, 5.74) is 5.22. The van der Waals surface area contributed by atoms with Crippen LogP contribution >= 0.6 is 12.6 Å². The van der Waals surface area contributed by atoms with Crippen LogP contribution in [0, 0.1) is 0 Å². The van der Waals surface area contributed by atoms with Gasteiger partial charge in [0.15, 0.2) is 6.29 Å². The maximum Gasteiger partial charge on any atom is 0.321 e. The van der Waals surface area contributed by atoms with E-state index in [-0.39, 0.29) is 6.29 Å². The van der Waals surface area contributed by atoms with Gasteiger partial charge < -0.3 is 41.2 Å². The van der Waals surface area contributed by atoms with Crippen LogP contribution in [-0.2, 0) is 9.59 Å². The molecule has 0 aromatic carbocycles. The molecular weight excluding hydrogens is 306 g/mol. The summed E-state index contributed by atoms with van der Waals surface area (Å²) in [6.45, 7) is 2.56. The second-order valence-corrected chi connectivity index (χ2v) is 5.98. The van der Waals surface area contributed by atoms with Crippen molar-refractivity contribution in [2.24, 2.45) is 5.73 Å². The summed E-state index contributed by atoms with van der Waals surface area (Å²) in [5.74, 6) is -1.02. The lowest BCUT2D eigenvalue weighted by Crippen LogP contribution is -2.46. The highest BCUT2D eigenvalue weighted by molar-refractivity contribution is 7.81. The lowest BCUT2D eigenvalue weighted by Gasteiger charge is -2.22. The Morgan fingerprint density at radius 1 is 1.24 bits per heavy atom. The van der Waals surface area contributed by atoms with E-state index in [1.165, 1.54) is 0 Å².